The molecular weight excluding hydrogens is 745 g/mol. The fourth-order valence-corrected chi connectivity index (χ4v) is 12.0. The van der Waals surface area contributed by atoms with Crippen molar-refractivity contribution in [3.63, 3.8) is 0 Å². The van der Waals surface area contributed by atoms with Gasteiger partial charge in [0.05, 0.1) is 0 Å². The van der Waals surface area contributed by atoms with E-state index in [4.69, 9.17) is 9.47 Å². The SMILES string of the molecule is CCCCCCCC/C=C\CCCCCCCC(=O)O[C@@H]1C[C@@]2(C)[C@@H]3CC=C4[C@@H](C[C@H](O)C(=O)C4(C)C)[C@]3(C)C(=O)C[C@]2(C)C1C(C)(O)C(=O)/C=C/C(C)(C)OC(C)=O. The maximum atomic E-state index is 14.9. The van der Waals surface area contributed by atoms with E-state index in [1.807, 2.05) is 27.7 Å². The summed E-state index contributed by atoms with van der Waals surface area (Å²) < 4.78 is 11.7. The van der Waals surface area contributed by atoms with E-state index in [2.05, 4.69) is 32.1 Å². The minimum absolute atomic E-state index is 0.0315. The van der Waals surface area contributed by atoms with Crippen LogP contribution in [0.25, 0.3) is 0 Å². The van der Waals surface area contributed by atoms with Gasteiger partial charge in [-0.3, -0.25) is 24.0 Å². The molecule has 0 heterocycles. The third-order valence-electron chi connectivity index (χ3n) is 15.5. The largest absolute Gasteiger partial charge is 0.462 e. The predicted molar refractivity (Wildman–Crippen MR) is 231 cm³/mol. The first kappa shape index (κ1) is 48.8. The molecule has 4 rings (SSSR count). The molecule has 0 radical (unpaired) electrons. The van der Waals surface area contributed by atoms with Crippen molar-refractivity contribution in [3.05, 3.63) is 36.0 Å². The molecule has 9 heteroatoms. The number of allylic oxidation sites excluding steroid dienone is 4. The molecule has 4 aliphatic rings. The van der Waals surface area contributed by atoms with Gasteiger partial charge in [-0.1, -0.05) is 103 Å². The predicted octanol–water partition coefficient (Wildman–Crippen LogP) is 10.1. The van der Waals surface area contributed by atoms with Crippen LogP contribution in [-0.2, 0) is 33.4 Å². The number of hydrogen-bond acceptors (Lipinski definition) is 9. The van der Waals surface area contributed by atoms with Gasteiger partial charge in [-0.2, -0.15) is 0 Å². The lowest BCUT2D eigenvalue weighted by Crippen LogP contribution is -2.65. The average Bonchev–Trinajstić information content (AvgIpc) is 3.36. The first-order valence-electron chi connectivity index (χ1n) is 23.0. The van der Waals surface area contributed by atoms with Crippen LogP contribution in [0.5, 0.6) is 0 Å². The number of carbonyl (C=O) groups excluding carboxylic acids is 5. The normalized spacial score (nSPS) is 32.6. The quantitative estimate of drug-likeness (QED) is 0.0500. The molecule has 0 amide bonds. The van der Waals surface area contributed by atoms with Gasteiger partial charge in [0, 0.05) is 36.5 Å². The molecule has 0 aromatic carbocycles. The second-order valence-corrected chi connectivity index (χ2v) is 20.5. The van der Waals surface area contributed by atoms with E-state index in [0.29, 0.717) is 19.3 Å². The maximum Gasteiger partial charge on any atom is 0.306 e. The number of rotatable bonds is 21. The zero-order chi connectivity index (χ0) is 44.0. The van der Waals surface area contributed by atoms with E-state index in [1.165, 1.54) is 64.5 Å². The van der Waals surface area contributed by atoms with E-state index >= 15 is 0 Å². The van der Waals surface area contributed by atoms with Gasteiger partial charge in [-0.05, 0) is 121 Å². The lowest BCUT2D eigenvalue weighted by Gasteiger charge is -2.64. The molecule has 2 N–H and O–H groups in total. The number of carbonyl (C=O) groups is 5. The molecule has 3 fully saturated rings. The van der Waals surface area contributed by atoms with Gasteiger partial charge in [-0.25, -0.2) is 0 Å². The summed E-state index contributed by atoms with van der Waals surface area (Å²) in [5.74, 6) is -3.35. The van der Waals surface area contributed by atoms with Crippen LogP contribution < -0.4 is 0 Å². The number of ketones is 3. The average molecular weight is 823 g/mol. The summed E-state index contributed by atoms with van der Waals surface area (Å²) in [7, 11) is 0. The van der Waals surface area contributed by atoms with Crippen molar-refractivity contribution >= 4 is 29.3 Å². The Bertz CT molecular complexity index is 1630. The molecule has 0 aromatic heterocycles. The van der Waals surface area contributed by atoms with Crippen LogP contribution in [0.4, 0.5) is 0 Å². The van der Waals surface area contributed by atoms with Crippen LogP contribution in [0.15, 0.2) is 36.0 Å². The molecule has 0 spiro atoms. The molecule has 2 unspecified atom stereocenters. The van der Waals surface area contributed by atoms with Crippen molar-refractivity contribution in [1.29, 1.82) is 0 Å². The molecule has 0 bridgehead atoms. The Hall–Kier alpha value is -2.91. The van der Waals surface area contributed by atoms with E-state index in [-0.39, 0.29) is 48.6 Å². The molecule has 4 aliphatic carbocycles. The van der Waals surface area contributed by atoms with Gasteiger partial charge in [-0.15, -0.1) is 0 Å². The highest BCUT2D eigenvalue weighted by Gasteiger charge is 2.75. The summed E-state index contributed by atoms with van der Waals surface area (Å²) in [6.07, 6.45) is 23.5. The minimum atomic E-state index is -2.05. The number of fused-ring (bicyclic) bond motifs is 5. The smallest absolute Gasteiger partial charge is 0.306 e. The topological polar surface area (TPSA) is 144 Å². The zero-order valence-electron chi connectivity index (χ0n) is 38.3. The highest BCUT2D eigenvalue weighted by atomic mass is 16.6. The summed E-state index contributed by atoms with van der Waals surface area (Å²) in [4.78, 5) is 67.6. The van der Waals surface area contributed by atoms with Gasteiger partial charge in [0.2, 0.25) is 0 Å². The lowest BCUT2D eigenvalue weighted by molar-refractivity contribution is -0.185. The lowest BCUT2D eigenvalue weighted by atomic mass is 9.38. The van der Waals surface area contributed by atoms with E-state index < -0.39 is 62.7 Å². The number of esters is 2. The number of aliphatic hydroxyl groups excluding tert-OH is 1. The fraction of sp³-hybridized carbons (Fsp3) is 0.780. The van der Waals surface area contributed by atoms with Gasteiger partial charge in [0.1, 0.15) is 29.2 Å². The van der Waals surface area contributed by atoms with E-state index in [0.717, 1.165) is 44.1 Å². The van der Waals surface area contributed by atoms with Crippen LogP contribution in [0.2, 0.25) is 0 Å². The number of hydrogen-bond donors (Lipinski definition) is 2. The number of aliphatic hydroxyl groups is 2. The molecule has 332 valence electrons. The Morgan fingerprint density at radius 2 is 1.44 bits per heavy atom. The van der Waals surface area contributed by atoms with E-state index in [1.54, 1.807) is 13.8 Å². The first-order valence-corrected chi connectivity index (χ1v) is 23.0. The Morgan fingerprint density at radius 3 is 2.03 bits per heavy atom. The Kier molecular flexibility index (Phi) is 16.1. The van der Waals surface area contributed by atoms with Crippen molar-refractivity contribution in [2.45, 2.75) is 208 Å². The summed E-state index contributed by atoms with van der Waals surface area (Å²) in [6.45, 7) is 18.0. The van der Waals surface area contributed by atoms with E-state index in [9.17, 15) is 34.2 Å². The highest BCUT2D eigenvalue weighted by Crippen LogP contribution is 2.74. The third-order valence-corrected chi connectivity index (χ3v) is 15.5. The summed E-state index contributed by atoms with van der Waals surface area (Å²) in [6, 6.07) is 0. The number of unbranched alkanes of at least 4 members (excludes halogenated alkanes) is 11. The van der Waals surface area contributed by atoms with Crippen LogP contribution in [0.1, 0.15) is 185 Å². The Balaban J connectivity index is 1.51. The van der Waals surface area contributed by atoms with Crippen molar-refractivity contribution < 1.29 is 43.7 Å². The molecule has 3 saturated carbocycles. The summed E-state index contributed by atoms with van der Waals surface area (Å²) >= 11 is 0. The maximum absolute atomic E-state index is 14.9. The second-order valence-electron chi connectivity index (χ2n) is 20.5. The van der Waals surface area contributed by atoms with Crippen molar-refractivity contribution in [1.82, 2.24) is 0 Å². The number of Topliss-reactive ketones (excluding diaryl/α,β-unsaturated/α-hetero) is 2. The van der Waals surface area contributed by atoms with Crippen molar-refractivity contribution in [2.75, 3.05) is 0 Å². The fourth-order valence-electron chi connectivity index (χ4n) is 12.0. The van der Waals surface area contributed by atoms with Crippen molar-refractivity contribution in [3.8, 4) is 0 Å². The van der Waals surface area contributed by atoms with Crippen molar-refractivity contribution in [2.24, 2.45) is 39.4 Å². The number of ether oxygens (including phenoxy) is 2. The monoisotopic (exact) mass is 823 g/mol. The first-order chi connectivity index (χ1) is 27.5. The highest BCUT2D eigenvalue weighted by molar-refractivity contribution is 5.98. The molecule has 0 saturated heterocycles. The van der Waals surface area contributed by atoms with Gasteiger partial charge >= 0.3 is 11.9 Å². The molecule has 0 aromatic rings. The Labute approximate surface area is 355 Å². The van der Waals surface area contributed by atoms with Gasteiger partial charge in [0.15, 0.2) is 11.6 Å². The van der Waals surface area contributed by atoms with Gasteiger partial charge in [0.25, 0.3) is 0 Å². The van der Waals surface area contributed by atoms with Crippen LogP contribution in [-0.4, -0.2) is 62.9 Å². The minimum Gasteiger partial charge on any atom is -0.462 e. The molecule has 9 atom stereocenters. The van der Waals surface area contributed by atoms with Crippen LogP contribution in [0.3, 0.4) is 0 Å². The van der Waals surface area contributed by atoms with Gasteiger partial charge < -0.3 is 19.7 Å². The second kappa shape index (κ2) is 19.4. The third kappa shape index (κ3) is 10.2. The standard InChI is InChI=1S/C50H78O9/c1-11-12-13-14-15-16-17-18-19-20-21-22-23-24-25-26-42(55)58-38-32-47(7)39-28-27-35-36(31-37(52)44(56)46(35,5)6)49(39,9)41(54)33-48(47,8)43(38)50(10,57)40(53)29-30-45(3,4)59-34(2)51/h18-19,27,29-30,36-39,43,52,57H,11-17,20-26,28,31-33H2,1-10H3/b19-18-,30-29+/t36-,37+,38-,39+,43?,47+,48-,49+,50?/m1/s1. The molecule has 59 heavy (non-hydrogen) atoms. The summed E-state index contributed by atoms with van der Waals surface area (Å²) in [5.41, 5.74) is -5.76. The molecular formula is C50H78O9. The Morgan fingerprint density at radius 1 is 0.864 bits per heavy atom. The zero-order valence-corrected chi connectivity index (χ0v) is 38.3. The molecule has 9 nitrogen and oxygen atoms in total. The van der Waals surface area contributed by atoms with Crippen LogP contribution >= 0.6 is 0 Å². The summed E-state index contributed by atoms with van der Waals surface area (Å²) in [5, 5.41) is 23.5. The van der Waals surface area contributed by atoms with Crippen LogP contribution in [0, 0.1) is 39.4 Å². The molecule has 0 aliphatic heterocycles.